The van der Waals surface area contributed by atoms with Gasteiger partial charge >= 0.3 is 0 Å². The average Bonchev–Trinajstić information content (AvgIpc) is 3.28. The molecule has 1 saturated heterocycles. The zero-order chi connectivity index (χ0) is 15.1. The number of fused-ring (bicyclic) bond motifs is 1. The highest BCUT2D eigenvalue weighted by atomic mass is 16.5. The summed E-state index contributed by atoms with van der Waals surface area (Å²) in [6.07, 6.45) is 6.08. The molecule has 2 unspecified atom stereocenters. The van der Waals surface area contributed by atoms with Gasteiger partial charge in [-0.05, 0) is 44.1 Å². The van der Waals surface area contributed by atoms with Crippen molar-refractivity contribution in [2.24, 2.45) is 5.92 Å². The maximum atomic E-state index is 12.4. The molecular weight excluding hydrogens is 282 g/mol. The molecule has 1 saturated carbocycles. The molecular formula is C16H21N3O3. The molecule has 6 heteroatoms. The molecule has 2 aliphatic carbocycles. The summed E-state index contributed by atoms with van der Waals surface area (Å²) in [7, 11) is 0. The summed E-state index contributed by atoms with van der Waals surface area (Å²) in [5.41, 5.74) is 2.04. The van der Waals surface area contributed by atoms with Crippen molar-refractivity contribution in [1.82, 2.24) is 15.1 Å². The van der Waals surface area contributed by atoms with Gasteiger partial charge in [0.15, 0.2) is 0 Å². The van der Waals surface area contributed by atoms with Gasteiger partial charge in [-0.2, -0.15) is 5.10 Å². The molecule has 2 heterocycles. The van der Waals surface area contributed by atoms with Crippen molar-refractivity contribution < 1.29 is 9.53 Å². The SMILES string of the molecule is O=C(NC1COCC1n1nc2c(cc1=O)CCCC2)C1CC1. The third kappa shape index (κ3) is 2.56. The van der Waals surface area contributed by atoms with E-state index in [4.69, 9.17) is 4.74 Å². The summed E-state index contributed by atoms with van der Waals surface area (Å²) in [5.74, 6) is 0.251. The molecule has 4 rings (SSSR count). The maximum absolute atomic E-state index is 12.4. The first-order chi connectivity index (χ1) is 10.7. The van der Waals surface area contributed by atoms with Gasteiger partial charge in [0.05, 0.1) is 24.9 Å². The fourth-order valence-corrected chi connectivity index (χ4v) is 3.38. The number of hydrogen-bond donors (Lipinski definition) is 1. The molecule has 0 aromatic carbocycles. The van der Waals surface area contributed by atoms with Crippen molar-refractivity contribution in [3.05, 3.63) is 27.7 Å². The first-order valence-electron chi connectivity index (χ1n) is 8.22. The second kappa shape index (κ2) is 5.50. The lowest BCUT2D eigenvalue weighted by Gasteiger charge is -2.22. The zero-order valence-electron chi connectivity index (χ0n) is 12.6. The molecule has 2 atom stereocenters. The standard InChI is InChI=1S/C16H21N3O3/c20-15-7-11-3-1-2-4-12(11)18-19(15)14-9-22-8-13(14)17-16(21)10-5-6-10/h7,10,13-14H,1-6,8-9H2,(H,17,21). The van der Waals surface area contributed by atoms with E-state index in [0.29, 0.717) is 13.2 Å². The highest BCUT2D eigenvalue weighted by Gasteiger charge is 2.37. The molecule has 118 valence electrons. The van der Waals surface area contributed by atoms with E-state index in [9.17, 15) is 9.59 Å². The lowest BCUT2D eigenvalue weighted by atomic mass is 9.97. The summed E-state index contributed by atoms with van der Waals surface area (Å²) in [4.78, 5) is 24.4. The van der Waals surface area contributed by atoms with Crippen LogP contribution in [0.3, 0.4) is 0 Å². The van der Waals surface area contributed by atoms with Gasteiger partial charge in [0, 0.05) is 12.0 Å². The third-order valence-corrected chi connectivity index (χ3v) is 4.87. The van der Waals surface area contributed by atoms with Crippen LogP contribution in [0.15, 0.2) is 10.9 Å². The Balaban J connectivity index is 1.59. The van der Waals surface area contributed by atoms with E-state index in [-0.39, 0.29) is 29.5 Å². The van der Waals surface area contributed by atoms with Gasteiger partial charge in [0.25, 0.3) is 5.56 Å². The number of nitrogens with zero attached hydrogens (tertiary/aromatic N) is 2. The lowest BCUT2D eigenvalue weighted by Crippen LogP contribution is -2.45. The van der Waals surface area contributed by atoms with Crippen LogP contribution in [0.5, 0.6) is 0 Å². The predicted octanol–water partition coefficient (Wildman–Crippen LogP) is 0.588. The number of rotatable bonds is 3. The van der Waals surface area contributed by atoms with E-state index in [2.05, 4.69) is 10.4 Å². The van der Waals surface area contributed by atoms with Crippen LogP contribution in [0, 0.1) is 5.92 Å². The fraction of sp³-hybridized carbons (Fsp3) is 0.688. The van der Waals surface area contributed by atoms with Gasteiger partial charge < -0.3 is 10.1 Å². The van der Waals surface area contributed by atoms with E-state index in [0.717, 1.165) is 49.8 Å². The molecule has 1 aromatic heterocycles. The van der Waals surface area contributed by atoms with E-state index in [1.807, 2.05) is 0 Å². The maximum Gasteiger partial charge on any atom is 0.267 e. The Kier molecular flexibility index (Phi) is 3.48. The topological polar surface area (TPSA) is 73.2 Å². The number of aromatic nitrogens is 2. The van der Waals surface area contributed by atoms with Gasteiger partial charge in [-0.25, -0.2) is 4.68 Å². The predicted molar refractivity (Wildman–Crippen MR) is 79.6 cm³/mol. The molecule has 2 fully saturated rings. The summed E-state index contributed by atoms with van der Waals surface area (Å²) < 4.78 is 7.05. The van der Waals surface area contributed by atoms with Gasteiger partial charge in [0.2, 0.25) is 5.91 Å². The number of nitrogens with one attached hydrogen (secondary N) is 1. The second-order valence-corrected chi connectivity index (χ2v) is 6.60. The number of hydrogen-bond acceptors (Lipinski definition) is 4. The second-order valence-electron chi connectivity index (χ2n) is 6.60. The third-order valence-electron chi connectivity index (χ3n) is 4.87. The molecule has 1 aliphatic heterocycles. The molecule has 0 spiro atoms. The minimum atomic E-state index is -0.192. The number of carbonyl (C=O) groups is 1. The Morgan fingerprint density at radius 2 is 2.09 bits per heavy atom. The van der Waals surface area contributed by atoms with Crippen LogP contribution in [-0.2, 0) is 22.4 Å². The Hall–Kier alpha value is -1.69. The molecule has 0 radical (unpaired) electrons. The molecule has 1 N–H and O–H groups in total. The van der Waals surface area contributed by atoms with Crippen LogP contribution in [0.25, 0.3) is 0 Å². The smallest absolute Gasteiger partial charge is 0.267 e. The van der Waals surface area contributed by atoms with E-state index in [1.54, 1.807) is 6.07 Å². The van der Waals surface area contributed by atoms with Crippen molar-refractivity contribution in [2.75, 3.05) is 13.2 Å². The average molecular weight is 303 g/mol. The minimum Gasteiger partial charge on any atom is -0.377 e. The van der Waals surface area contributed by atoms with Gasteiger partial charge in [-0.15, -0.1) is 0 Å². The Labute approximate surface area is 128 Å². The van der Waals surface area contributed by atoms with Crippen molar-refractivity contribution >= 4 is 5.91 Å². The van der Waals surface area contributed by atoms with Crippen LogP contribution < -0.4 is 10.9 Å². The van der Waals surface area contributed by atoms with Crippen molar-refractivity contribution in [3.63, 3.8) is 0 Å². The Morgan fingerprint density at radius 3 is 2.91 bits per heavy atom. The summed E-state index contributed by atoms with van der Waals surface area (Å²) in [6.45, 7) is 0.885. The van der Waals surface area contributed by atoms with Crippen LogP contribution >= 0.6 is 0 Å². The van der Waals surface area contributed by atoms with Crippen LogP contribution in [0.2, 0.25) is 0 Å². The zero-order valence-corrected chi connectivity index (χ0v) is 12.6. The fourth-order valence-electron chi connectivity index (χ4n) is 3.38. The molecule has 1 aromatic rings. The summed E-state index contributed by atoms with van der Waals surface area (Å²) in [6, 6.07) is 1.38. The minimum absolute atomic E-state index is 0.0816. The summed E-state index contributed by atoms with van der Waals surface area (Å²) >= 11 is 0. The number of ether oxygens (including phenoxy) is 1. The number of amides is 1. The van der Waals surface area contributed by atoms with Crippen molar-refractivity contribution in [3.8, 4) is 0 Å². The van der Waals surface area contributed by atoms with E-state index < -0.39 is 0 Å². The van der Waals surface area contributed by atoms with Crippen molar-refractivity contribution in [1.29, 1.82) is 0 Å². The van der Waals surface area contributed by atoms with E-state index in [1.165, 1.54) is 4.68 Å². The lowest BCUT2D eigenvalue weighted by molar-refractivity contribution is -0.123. The van der Waals surface area contributed by atoms with Gasteiger partial charge in [-0.1, -0.05) is 0 Å². The van der Waals surface area contributed by atoms with Crippen LogP contribution in [-0.4, -0.2) is 34.9 Å². The largest absolute Gasteiger partial charge is 0.377 e. The summed E-state index contributed by atoms with van der Waals surface area (Å²) in [5, 5.41) is 7.62. The highest BCUT2D eigenvalue weighted by molar-refractivity contribution is 5.81. The van der Waals surface area contributed by atoms with Crippen molar-refractivity contribution in [2.45, 2.75) is 50.6 Å². The molecule has 6 nitrogen and oxygen atoms in total. The first kappa shape index (κ1) is 13.9. The first-order valence-corrected chi connectivity index (χ1v) is 8.22. The monoisotopic (exact) mass is 303 g/mol. The quantitative estimate of drug-likeness (QED) is 0.887. The number of carbonyl (C=O) groups excluding carboxylic acids is 1. The highest BCUT2D eigenvalue weighted by Crippen LogP contribution is 2.30. The Bertz CT molecular complexity index is 651. The van der Waals surface area contributed by atoms with E-state index >= 15 is 0 Å². The Morgan fingerprint density at radius 1 is 1.27 bits per heavy atom. The molecule has 3 aliphatic rings. The van der Waals surface area contributed by atoms with Crippen LogP contribution in [0.1, 0.15) is 43.0 Å². The molecule has 0 bridgehead atoms. The van der Waals surface area contributed by atoms with Gasteiger partial charge in [-0.3, -0.25) is 9.59 Å². The molecule has 1 amide bonds. The van der Waals surface area contributed by atoms with Gasteiger partial charge in [0.1, 0.15) is 6.04 Å². The molecule has 22 heavy (non-hydrogen) atoms. The van der Waals surface area contributed by atoms with Crippen LogP contribution in [0.4, 0.5) is 0 Å². The normalized spacial score (nSPS) is 27.5. The number of aryl methyl sites for hydroxylation is 2.